The van der Waals surface area contributed by atoms with E-state index in [1.807, 2.05) is 6.07 Å². The summed E-state index contributed by atoms with van der Waals surface area (Å²) >= 11 is 6.40. The number of carbonyl (C=O) groups excluding carboxylic acids is 2. The van der Waals surface area contributed by atoms with Crippen LogP contribution in [0.4, 0.5) is 11.4 Å². The first-order valence-corrected chi connectivity index (χ1v) is 11.9. The first kappa shape index (κ1) is 21.9. The molecule has 6 rings (SSSR count). The fourth-order valence-electron chi connectivity index (χ4n) is 6.44. The maximum Gasteiger partial charge on any atom is 0.269 e. The Bertz CT molecular complexity index is 1380. The molecule has 0 bridgehead atoms. The molecule has 0 radical (unpaired) electrons. The molecule has 1 amide bonds. The van der Waals surface area contributed by atoms with E-state index in [0.717, 1.165) is 12.8 Å². The number of Topliss-reactive ketones (excluding diaryl/α,β-unsaturated/α-hetero) is 1. The summed E-state index contributed by atoms with van der Waals surface area (Å²) in [4.78, 5) is 45.6. The largest absolute Gasteiger partial charge is 0.324 e. The smallest absolute Gasteiger partial charge is 0.269 e. The molecule has 3 aromatic rings. The lowest BCUT2D eigenvalue weighted by Gasteiger charge is -2.36. The van der Waals surface area contributed by atoms with Crippen molar-refractivity contribution in [2.75, 3.05) is 11.9 Å². The second-order valence-corrected chi connectivity index (χ2v) is 9.71. The van der Waals surface area contributed by atoms with Crippen LogP contribution < -0.4 is 5.32 Å². The van der Waals surface area contributed by atoms with Gasteiger partial charge in [0.15, 0.2) is 5.78 Å². The van der Waals surface area contributed by atoms with Crippen molar-refractivity contribution in [3.05, 3.63) is 98.8 Å². The number of ketones is 1. The molecule has 8 nitrogen and oxygen atoms in total. The van der Waals surface area contributed by atoms with Crippen LogP contribution in [0, 0.1) is 16.0 Å². The van der Waals surface area contributed by atoms with E-state index >= 15 is 0 Å². The number of fused-ring (bicyclic) bond motifs is 4. The Morgan fingerprint density at radius 1 is 1.20 bits per heavy atom. The van der Waals surface area contributed by atoms with Gasteiger partial charge < -0.3 is 5.32 Å². The maximum absolute atomic E-state index is 14.3. The standard InChI is InChI=1S/C26H21ClN4O4/c27-17-8-9-20-19(13-17)26(25(33)29-20)23(24(32)16-5-2-10-28-14-16)22(21-7-3-11-30(21)26)15-4-1-6-18(12-15)31(34)35/h1-2,4-6,8-10,12-14,21-23H,3,7,11H2,(H,29,33)/t21-,22-,23+,26+/m1/s1. The Morgan fingerprint density at radius 3 is 2.83 bits per heavy atom. The Morgan fingerprint density at radius 2 is 2.06 bits per heavy atom. The van der Waals surface area contributed by atoms with E-state index in [4.69, 9.17) is 11.6 Å². The molecular weight excluding hydrogens is 468 g/mol. The number of benzene rings is 2. The van der Waals surface area contributed by atoms with Gasteiger partial charge in [0.2, 0.25) is 5.91 Å². The van der Waals surface area contributed by atoms with Gasteiger partial charge in [0.1, 0.15) is 5.54 Å². The molecule has 2 fully saturated rings. The highest BCUT2D eigenvalue weighted by Gasteiger charge is 2.69. The van der Waals surface area contributed by atoms with Crippen LogP contribution in [0.3, 0.4) is 0 Å². The topological polar surface area (TPSA) is 105 Å². The molecule has 1 spiro atoms. The van der Waals surface area contributed by atoms with E-state index < -0.39 is 22.3 Å². The van der Waals surface area contributed by atoms with Gasteiger partial charge in [0, 0.05) is 58.3 Å². The molecule has 176 valence electrons. The fourth-order valence-corrected chi connectivity index (χ4v) is 6.61. The number of rotatable bonds is 4. The second-order valence-electron chi connectivity index (χ2n) is 9.27. The molecule has 4 atom stereocenters. The maximum atomic E-state index is 14.3. The zero-order valence-corrected chi connectivity index (χ0v) is 19.3. The predicted octanol–water partition coefficient (Wildman–Crippen LogP) is 4.55. The summed E-state index contributed by atoms with van der Waals surface area (Å²) in [5.41, 5.74) is 1.07. The molecule has 0 saturated carbocycles. The number of nitrogens with zero attached hydrogens (tertiary/aromatic N) is 3. The van der Waals surface area contributed by atoms with Gasteiger partial charge >= 0.3 is 0 Å². The highest BCUT2D eigenvalue weighted by molar-refractivity contribution is 6.31. The third kappa shape index (κ3) is 3.06. The number of hydrogen-bond donors (Lipinski definition) is 1. The van der Waals surface area contributed by atoms with Gasteiger partial charge in [-0.05, 0) is 55.3 Å². The third-order valence-electron chi connectivity index (χ3n) is 7.66. The summed E-state index contributed by atoms with van der Waals surface area (Å²) in [6, 6.07) is 14.9. The lowest BCUT2D eigenvalue weighted by molar-refractivity contribution is -0.384. The number of non-ortho nitro benzene ring substituents is 1. The summed E-state index contributed by atoms with van der Waals surface area (Å²) in [5.74, 6) is -1.73. The minimum absolute atomic E-state index is 0.0418. The average molecular weight is 489 g/mol. The molecule has 35 heavy (non-hydrogen) atoms. The van der Waals surface area contributed by atoms with Crippen molar-refractivity contribution < 1.29 is 14.5 Å². The molecule has 0 unspecified atom stereocenters. The van der Waals surface area contributed by atoms with Crippen molar-refractivity contribution >= 4 is 34.7 Å². The van der Waals surface area contributed by atoms with Crippen LogP contribution in [0.5, 0.6) is 0 Å². The van der Waals surface area contributed by atoms with Crippen LogP contribution in [0.2, 0.25) is 5.02 Å². The minimum atomic E-state index is -1.27. The SMILES string of the molecule is O=C(c1cccnc1)[C@@H]1[C@H](c2cccc([N+](=O)[O-])c2)[C@H]2CCCN2[C@]12C(=O)Nc1ccc(Cl)cc12. The Balaban J connectivity index is 1.63. The third-order valence-corrected chi connectivity index (χ3v) is 7.89. The minimum Gasteiger partial charge on any atom is -0.324 e. The molecule has 3 aliphatic heterocycles. The molecule has 3 aliphatic rings. The molecule has 2 aromatic carbocycles. The van der Waals surface area contributed by atoms with Crippen LogP contribution in [0.1, 0.15) is 40.2 Å². The lowest BCUT2D eigenvalue weighted by atomic mass is 9.69. The van der Waals surface area contributed by atoms with Crippen molar-refractivity contribution in [3.63, 3.8) is 0 Å². The highest BCUT2D eigenvalue weighted by Crippen LogP contribution is 2.61. The summed E-state index contributed by atoms with van der Waals surface area (Å²) in [7, 11) is 0. The van der Waals surface area contributed by atoms with Crippen molar-refractivity contribution in [2.45, 2.75) is 30.3 Å². The number of anilines is 1. The van der Waals surface area contributed by atoms with E-state index in [-0.39, 0.29) is 23.4 Å². The first-order valence-electron chi connectivity index (χ1n) is 11.5. The molecule has 1 aromatic heterocycles. The normalized spacial score (nSPS) is 27.0. The van der Waals surface area contributed by atoms with E-state index in [1.165, 1.54) is 18.3 Å². The number of aromatic nitrogens is 1. The van der Waals surface area contributed by atoms with Crippen LogP contribution >= 0.6 is 11.6 Å². The van der Waals surface area contributed by atoms with E-state index in [1.54, 1.807) is 42.6 Å². The van der Waals surface area contributed by atoms with Gasteiger partial charge in [-0.2, -0.15) is 0 Å². The summed E-state index contributed by atoms with van der Waals surface area (Å²) in [6.45, 7) is 0.631. The Kier molecular flexibility index (Phi) is 4.98. The first-order chi connectivity index (χ1) is 16.9. The monoisotopic (exact) mass is 488 g/mol. The molecule has 4 heterocycles. The number of hydrogen-bond acceptors (Lipinski definition) is 6. The Hall–Kier alpha value is -3.62. The molecule has 9 heteroatoms. The van der Waals surface area contributed by atoms with E-state index in [9.17, 15) is 19.7 Å². The summed E-state index contributed by atoms with van der Waals surface area (Å²) < 4.78 is 0. The number of carbonyl (C=O) groups is 2. The number of nitro groups is 1. The van der Waals surface area contributed by atoms with Crippen LogP contribution in [-0.4, -0.2) is 39.1 Å². The van der Waals surface area contributed by atoms with E-state index in [0.29, 0.717) is 33.9 Å². The van der Waals surface area contributed by atoms with Gasteiger partial charge in [-0.25, -0.2) is 0 Å². The van der Waals surface area contributed by atoms with Gasteiger partial charge in [0.25, 0.3) is 5.69 Å². The zero-order valence-electron chi connectivity index (χ0n) is 18.6. The molecule has 1 N–H and O–H groups in total. The van der Waals surface area contributed by atoms with Gasteiger partial charge in [-0.1, -0.05) is 23.7 Å². The molecular formula is C26H21ClN4O4. The number of pyridine rings is 1. The number of amides is 1. The van der Waals surface area contributed by atoms with Crippen molar-refractivity contribution in [2.24, 2.45) is 5.92 Å². The van der Waals surface area contributed by atoms with Gasteiger partial charge in [0.05, 0.1) is 10.8 Å². The molecule has 0 aliphatic carbocycles. The fraction of sp³-hybridized carbons (Fsp3) is 0.269. The molecule has 2 saturated heterocycles. The van der Waals surface area contributed by atoms with Gasteiger partial charge in [-0.15, -0.1) is 0 Å². The predicted molar refractivity (Wildman–Crippen MR) is 129 cm³/mol. The second kappa shape index (κ2) is 7.96. The number of nitro benzene ring substituents is 1. The van der Waals surface area contributed by atoms with Crippen molar-refractivity contribution in [3.8, 4) is 0 Å². The number of nitrogens with one attached hydrogen (secondary N) is 1. The van der Waals surface area contributed by atoms with Crippen molar-refractivity contribution in [1.29, 1.82) is 0 Å². The van der Waals surface area contributed by atoms with E-state index in [2.05, 4.69) is 15.2 Å². The lowest BCUT2D eigenvalue weighted by Crippen LogP contribution is -2.52. The van der Waals surface area contributed by atoms with Crippen molar-refractivity contribution in [1.82, 2.24) is 9.88 Å². The summed E-state index contributed by atoms with van der Waals surface area (Å²) in [5, 5.41) is 15.0. The summed E-state index contributed by atoms with van der Waals surface area (Å²) in [6.07, 6.45) is 4.73. The zero-order chi connectivity index (χ0) is 24.3. The number of halogens is 1. The average Bonchev–Trinajstić information content (AvgIpc) is 3.52. The highest BCUT2D eigenvalue weighted by atomic mass is 35.5. The van der Waals surface area contributed by atoms with Crippen LogP contribution in [0.15, 0.2) is 67.0 Å². The van der Waals surface area contributed by atoms with Crippen LogP contribution in [-0.2, 0) is 10.3 Å². The van der Waals surface area contributed by atoms with Crippen LogP contribution in [0.25, 0.3) is 0 Å². The Labute approximate surface area is 206 Å². The van der Waals surface area contributed by atoms with Gasteiger partial charge in [-0.3, -0.25) is 29.6 Å². The quantitative estimate of drug-likeness (QED) is 0.328.